The molecule has 1 unspecified atom stereocenters. The molecular formula is C20H22N2O10. The first kappa shape index (κ1) is 24.5. The summed E-state index contributed by atoms with van der Waals surface area (Å²) in [5.74, 6) is -4.57. The van der Waals surface area contributed by atoms with Gasteiger partial charge in [0.05, 0.1) is 49.5 Å². The van der Waals surface area contributed by atoms with E-state index in [2.05, 4.69) is 5.32 Å². The maximum absolute atomic E-state index is 13.0. The van der Waals surface area contributed by atoms with Crippen molar-refractivity contribution in [3.63, 3.8) is 0 Å². The van der Waals surface area contributed by atoms with Crippen LogP contribution in [0.5, 0.6) is 0 Å². The molecule has 12 nitrogen and oxygen atoms in total. The molecule has 1 N–H and O–H groups in total. The van der Waals surface area contributed by atoms with Gasteiger partial charge in [-0.15, -0.1) is 0 Å². The molecule has 2 rings (SSSR count). The van der Waals surface area contributed by atoms with E-state index < -0.39 is 51.5 Å². The van der Waals surface area contributed by atoms with Crippen LogP contribution in [0, 0.1) is 10.1 Å². The lowest BCUT2D eigenvalue weighted by molar-refractivity contribution is -0.384. The predicted molar refractivity (Wildman–Crippen MR) is 106 cm³/mol. The molecule has 32 heavy (non-hydrogen) atoms. The molecule has 0 fully saturated rings. The first-order valence-electron chi connectivity index (χ1n) is 9.47. The number of nitrogens with one attached hydrogen (secondary N) is 1. The van der Waals surface area contributed by atoms with E-state index in [1.165, 1.54) is 38.1 Å². The number of carbonyl (C=O) groups is 4. The van der Waals surface area contributed by atoms with Gasteiger partial charge in [0, 0.05) is 12.1 Å². The van der Waals surface area contributed by atoms with Crippen LogP contribution in [0.2, 0.25) is 0 Å². The highest BCUT2D eigenvalue weighted by Crippen LogP contribution is 2.41. The highest BCUT2D eigenvalue weighted by Gasteiger charge is 2.63. The van der Waals surface area contributed by atoms with Gasteiger partial charge in [0.15, 0.2) is 0 Å². The molecule has 1 aliphatic heterocycles. The van der Waals surface area contributed by atoms with Crippen molar-refractivity contribution in [1.29, 1.82) is 0 Å². The third-order valence-corrected chi connectivity index (χ3v) is 4.69. The normalized spacial score (nSPS) is 16.8. The van der Waals surface area contributed by atoms with Crippen LogP contribution in [0.1, 0.15) is 25.5 Å². The molecule has 172 valence electrons. The molecule has 0 spiro atoms. The Morgan fingerprint density at radius 2 is 1.47 bits per heavy atom. The van der Waals surface area contributed by atoms with Gasteiger partial charge in [-0.2, -0.15) is 0 Å². The summed E-state index contributed by atoms with van der Waals surface area (Å²) < 4.78 is 19.6. The Kier molecular flexibility index (Phi) is 7.65. The van der Waals surface area contributed by atoms with Crippen molar-refractivity contribution in [1.82, 2.24) is 5.32 Å². The standard InChI is InChI=1S/C20H22N2O10/c1-5-31-18(25)20(19(26)32-6-2)14(17(24)30-4)13(16(23)29-3)15(21-20)11-7-9-12(10-8-11)22(27)28/h7-10,15,21H,5-6H2,1-4H3. The van der Waals surface area contributed by atoms with Crippen molar-refractivity contribution < 1.29 is 43.0 Å². The summed E-state index contributed by atoms with van der Waals surface area (Å²) in [6.45, 7) is 2.68. The SMILES string of the molecule is CCOC(=O)C1(C(=O)OCC)NC(c2ccc([N+](=O)[O-])cc2)C(C(=O)OC)=C1C(=O)OC. The number of nitro benzene ring substituents is 1. The Morgan fingerprint density at radius 1 is 0.969 bits per heavy atom. The highest BCUT2D eigenvalue weighted by molar-refractivity contribution is 6.20. The van der Waals surface area contributed by atoms with Crippen LogP contribution >= 0.6 is 0 Å². The van der Waals surface area contributed by atoms with Crippen molar-refractivity contribution in [2.45, 2.75) is 25.4 Å². The average Bonchev–Trinajstić information content (AvgIpc) is 3.15. The number of non-ortho nitro benzene ring substituents is 1. The van der Waals surface area contributed by atoms with Crippen molar-refractivity contribution in [2.24, 2.45) is 0 Å². The molecule has 0 saturated carbocycles. The number of nitrogens with zero attached hydrogens (tertiary/aromatic N) is 1. The predicted octanol–water partition coefficient (Wildman–Crippen LogP) is 0.747. The zero-order chi connectivity index (χ0) is 24.1. The zero-order valence-corrected chi connectivity index (χ0v) is 17.8. The number of benzene rings is 1. The number of esters is 4. The Balaban J connectivity index is 2.84. The second-order valence-corrected chi connectivity index (χ2v) is 6.39. The molecule has 0 saturated heterocycles. The number of rotatable bonds is 8. The van der Waals surface area contributed by atoms with E-state index in [1.54, 1.807) is 0 Å². The number of carbonyl (C=O) groups excluding carboxylic acids is 4. The van der Waals surface area contributed by atoms with E-state index in [-0.39, 0.29) is 24.5 Å². The van der Waals surface area contributed by atoms with Gasteiger partial charge in [0.25, 0.3) is 5.69 Å². The Labute approximate surface area is 182 Å². The molecule has 1 heterocycles. The summed E-state index contributed by atoms with van der Waals surface area (Å²) in [4.78, 5) is 61.9. The van der Waals surface area contributed by atoms with E-state index in [9.17, 15) is 29.3 Å². The van der Waals surface area contributed by atoms with E-state index in [4.69, 9.17) is 18.9 Å². The monoisotopic (exact) mass is 450 g/mol. The van der Waals surface area contributed by atoms with Gasteiger partial charge in [0.1, 0.15) is 0 Å². The molecule has 0 aromatic heterocycles. The summed E-state index contributed by atoms with van der Waals surface area (Å²) in [7, 11) is 2.05. The molecule has 0 radical (unpaired) electrons. The van der Waals surface area contributed by atoms with Gasteiger partial charge in [-0.3, -0.25) is 15.4 Å². The molecule has 0 aliphatic carbocycles. The fourth-order valence-corrected chi connectivity index (χ4v) is 3.32. The topological polar surface area (TPSA) is 160 Å². The summed E-state index contributed by atoms with van der Waals surface area (Å²) in [6, 6.07) is 3.68. The van der Waals surface area contributed by atoms with Gasteiger partial charge in [-0.05, 0) is 19.4 Å². The number of hydrogen-bond donors (Lipinski definition) is 1. The van der Waals surface area contributed by atoms with Crippen molar-refractivity contribution >= 4 is 29.6 Å². The van der Waals surface area contributed by atoms with Crippen LogP contribution in [0.25, 0.3) is 0 Å². The second kappa shape index (κ2) is 10.0. The lowest BCUT2D eigenvalue weighted by atomic mass is 9.88. The first-order valence-corrected chi connectivity index (χ1v) is 9.47. The van der Waals surface area contributed by atoms with Crippen LogP contribution in [-0.4, -0.2) is 61.8 Å². The Bertz CT molecular complexity index is 949. The smallest absolute Gasteiger partial charge is 0.343 e. The molecule has 1 atom stereocenters. The molecule has 12 heteroatoms. The summed E-state index contributed by atoms with van der Waals surface area (Å²) in [5.41, 5.74) is -3.57. The minimum absolute atomic E-state index is 0.147. The lowest BCUT2D eigenvalue weighted by Crippen LogP contribution is -2.60. The quantitative estimate of drug-likeness (QED) is 0.196. The van der Waals surface area contributed by atoms with Crippen LogP contribution in [0.4, 0.5) is 5.69 Å². The number of ether oxygens (including phenoxy) is 4. The van der Waals surface area contributed by atoms with Crippen LogP contribution in [0.3, 0.4) is 0 Å². The number of hydrogen-bond acceptors (Lipinski definition) is 11. The van der Waals surface area contributed by atoms with E-state index in [0.717, 1.165) is 14.2 Å². The number of methoxy groups -OCH3 is 2. The van der Waals surface area contributed by atoms with Gasteiger partial charge in [-0.1, -0.05) is 12.1 Å². The summed E-state index contributed by atoms with van der Waals surface area (Å²) in [5, 5.41) is 13.7. The average molecular weight is 450 g/mol. The largest absolute Gasteiger partial charge is 0.466 e. The zero-order valence-electron chi connectivity index (χ0n) is 17.8. The minimum atomic E-state index is -2.53. The number of nitro groups is 1. The maximum atomic E-state index is 13.0. The Hall–Kier alpha value is -3.80. The highest BCUT2D eigenvalue weighted by atomic mass is 16.6. The van der Waals surface area contributed by atoms with Crippen molar-refractivity contribution in [3.05, 3.63) is 51.1 Å². The minimum Gasteiger partial charge on any atom is -0.466 e. The molecular weight excluding hydrogens is 428 g/mol. The molecule has 1 aromatic carbocycles. The second-order valence-electron chi connectivity index (χ2n) is 6.39. The van der Waals surface area contributed by atoms with E-state index in [1.807, 2.05) is 0 Å². The van der Waals surface area contributed by atoms with Crippen molar-refractivity contribution in [3.8, 4) is 0 Å². The molecule has 1 aromatic rings. The third-order valence-electron chi connectivity index (χ3n) is 4.69. The van der Waals surface area contributed by atoms with Crippen LogP contribution < -0.4 is 5.32 Å². The third kappa shape index (κ3) is 4.17. The lowest BCUT2D eigenvalue weighted by Gasteiger charge is -2.28. The van der Waals surface area contributed by atoms with Gasteiger partial charge in [-0.25, -0.2) is 19.2 Å². The fourth-order valence-electron chi connectivity index (χ4n) is 3.32. The first-order chi connectivity index (χ1) is 15.2. The summed E-state index contributed by atoms with van der Waals surface area (Å²) in [6.07, 6.45) is 0. The molecule has 0 amide bonds. The van der Waals surface area contributed by atoms with Gasteiger partial charge in [0.2, 0.25) is 5.54 Å². The van der Waals surface area contributed by atoms with Crippen LogP contribution in [-0.2, 0) is 38.1 Å². The van der Waals surface area contributed by atoms with E-state index in [0.29, 0.717) is 0 Å². The van der Waals surface area contributed by atoms with Crippen molar-refractivity contribution in [2.75, 3.05) is 27.4 Å². The molecule has 1 aliphatic rings. The van der Waals surface area contributed by atoms with E-state index >= 15 is 0 Å². The van der Waals surface area contributed by atoms with Crippen LogP contribution in [0.15, 0.2) is 35.4 Å². The summed E-state index contributed by atoms with van der Waals surface area (Å²) >= 11 is 0. The van der Waals surface area contributed by atoms with Gasteiger partial charge >= 0.3 is 23.9 Å². The molecule has 0 bridgehead atoms. The maximum Gasteiger partial charge on any atom is 0.343 e. The Morgan fingerprint density at radius 3 is 1.88 bits per heavy atom. The fraction of sp³-hybridized carbons (Fsp3) is 0.400. The van der Waals surface area contributed by atoms with Gasteiger partial charge < -0.3 is 18.9 Å².